The van der Waals surface area contributed by atoms with Gasteiger partial charge in [0.05, 0.1) is 6.61 Å². The first-order valence-electron chi connectivity index (χ1n) is 4.56. The minimum Gasteiger partial charge on any atom is -0.493 e. The second-order valence-electron chi connectivity index (χ2n) is 3.26. The van der Waals surface area contributed by atoms with Gasteiger partial charge in [0.25, 0.3) is 0 Å². The number of hydrogen-bond acceptors (Lipinski definition) is 3. The summed E-state index contributed by atoms with van der Waals surface area (Å²) >= 11 is 0. The molecule has 0 unspecified atom stereocenters. The lowest BCUT2D eigenvalue weighted by molar-refractivity contribution is -0.104. The first-order chi connectivity index (χ1) is 6.81. The lowest BCUT2D eigenvalue weighted by atomic mass is 10.0. The maximum Gasteiger partial charge on any atom is 0.225 e. The van der Waals surface area contributed by atoms with Crippen molar-refractivity contribution in [3.63, 3.8) is 0 Å². The first kappa shape index (κ1) is 8.94. The van der Waals surface area contributed by atoms with Crippen molar-refractivity contribution in [3.8, 4) is 5.75 Å². The lowest BCUT2D eigenvalue weighted by Gasteiger charge is -2.17. The van der Waals surface area contributed by atoms with Crippen molar-refractivity contribution in [1.82, 2.24) is 0 Å². The number of rotatable bonds is 2. The van der Waals surface area contributed by atoms with E-state index in [9.17, 15) is 9.59 Å². The molecule has 72 valence electrons. The van der Waals surface area contributed by atoms with Crippen molar-refractivity contribution in [1.29, 1.82) is 0 Å². The summed E-state index contributed by atoms with van der Waals surface area (Å²) in [5.41, 5.74) is 1.47. The highest BCUT2D eigenvalue weighted by molar-refractivity contribution is 6.33. The lowest BCUT2D eigenvalue weighted by Crippen LogP contribution is -2.10. The molecule has 0 atom stereocenters. The summed E-state index contributed by atoms with van der Waals surface area (Å²) in [4.78, 5) is 21.4. The Balaban J connectivity index is 2.38. The zero-order valence-electron chi connectivity index (χ0n) is 7.66. The molecule has 0 fully saturated rings. The van der Waals surface area contributed by atoms with Gasteiger partial charge in [-0.3, -0.25) is 9.59 Å². The molecule has 3 nitrogen and oxygen atoms in total. The fourth-order valence-electron chi connectivity index (χ4n) is 1.58. The Morgan fingerprint density at radius 1 is 1.43 bits per heavy atom. The first-order valence-corrected chi connectivity index (χ1v) is 4.56. The fourth-order valence-corrected chi connectivity index (χ4v) is 1.58. The number of carbonyl (C=O) groups is 2. The third kappa shape index (κ3) is 1.53. The van der Waals surface area contributed by atoms with Crippen molar-refractivity contribution in [2.45, 2.75) is 12.8 Å². The normalized spacial score (nSPS) is 14.0. The number of Topliss-reactive ketones (excluding diaryl/α,β-unsaturated/α-hetero) is 1. The smallest absolute Gasteiger partial charge is 0.225 e. The highest BCUT2D eigenvalue weighted by Gasteiger charge is 2.12. The quantitative estimate of drug-likeness (QED) is 0.402. The molecule has 0 saturated heterocycles. The average molecular weight is 190 g/mol. The van der Waals surface area contributed by atoms with Gasteiger partial charge in [-0.2, -0.15) is 0 Å². The van der Waals surface area contributed by atoms with Crippen LogP contribution in [0, 0.1) is 0 Å². The molecule has 14 heavy (non-hydrogen) atoms. The predicted molar refractivity (Wildman–Crippen MR) is 50.7 cm³/mol. The van der Waals surface area contributed by atoms with Gasteiger partial charge in [0.15, 0.2) is 6.29 Å². The van der Waals surface area contributed by atoms with Crippen LogP contribution in [0.15, 0.2) is 18.2 Å². The fraction of sp³-hybridized carbons (Fsp3) is 0.273. The van der Waals surface area contributed by atoms with Crippen LogP contribution in [0.5, 0.6) is 5.75 Å². The summed E-state index contributed by atoms with van der Waals surface area (Å²) in [5, 5.41) is 0. The molecule has 0 saturated carbocycles. The maximum atomic E-state index is 11.1. The molecule has 0 radical (unpaired) electrons. The SMILES string of the molecule is O=CC(=O)c1ccc2c(c1)CCCO2. The number of aldehydes is 1. The molecular weight excluding hydrogens is 180 g/mol. The Bertz CT molecular complexity index is 382. The van der Waals surface area contributed by atoms with Gasteiger partial charge < -0.3 is 4.74 Å². The van der Waals surface area contributed by atoms with Crippen LogP contribution in [0.2, 0.25) is 0 Å². The molecule has 2 rings (SSSR count). The van der Waals surface area contributed by atoms with E-state index in [1.54, 1.807) is 18.2 Å². The molecule has 3 heteroatoms. The number of fused-ring (bicyclic) bond motifs is 1. The van der Waals surface area contributed by atoms with Gasteiger partial charge in [-0.1, -0.05) is 0 Å². The van der Waals surface area contributed by atoms with Crippen LogP contribution < -0.4 is 4.74 Å². The molecule has 0 spiro atoms. The zero-order valence-corrected chi connectivity index (χ0v) is 7.66. The van der Waals surface area contributed by atoms with Crippen LogP contribution in [0.25, 0.3) is 0 Å². The van der Waals surface area contributed by atoms with Gasteiger partial charge in [-0.25, -0.2) is 0 Å². The van der Waals surface area contributed by atoms with E-state index in [1.165, 1.54) is 0 Å². The molecule has 1 heterocycles. The van der Waals surface area contributed by atoms with E-state index in [0.29, 0.717) is 11.8 Å². The van der Waals surface area contributed by atoms with E-state index in [0.717, 1.165) is 30.8 Å². The third-order valence-corrected chi connectivity index (χ3v) is 2.30. The Hall–Kier alpha value is -1.64. The van der Waals surface area contributed by atoms with Crippen molar-refractivity contribution in [2.75, 3.05) is 6.61 Å². The number of carbonyl (C=O) groups excluding carboxylic acids is 2. The van der Waals surface area contributed by atoms with Crippen LogP contribution in [0.3, 0.4) is 0 Å². The van der Waals surface area contributed by atoms with Crippen LogP contribution >= 0.6 is 0 Å². The highest BCUT2D eigenvalue weighted by Crippen LogP contribution is 2.25. The monoisotopic (exact) mass is 190 g/mol. The molecule has 1 aromatic carbocycles. The number of aryl methyl sites for hydroxylation is 1. The number of benzene rings is 1. The molecule has 0 amide bonds. The minimum absolute atomic E-state index is 0.339. The molecule has 0 N–H and O–H groups in total. The van der Waals surface area contributed by atoms with Gasteiger partial charge in [-0.05, 0) is 36.6 Å². The van der Waals surface area contributed by atoms with Crippen LogP contribution in [0.4, 0.5) is 0 Å². The highest BCUT2D eigenvalue weighted by atomic mass is 16.5. The van der Waals surface area contributed by atoms with Gasteiger partial charge in [-0.15, -0.1) is 0 Å². The zero-order chi connectivity index (χ0) is 9.97. The number of ketones is 1. The second-order valence-corrected chi connectivity index (χ2v) is 3.26. The van der Waals surface area contributed by atoms with Gasteiger partial charge in [0.2, 0.25) is 5.78 Å². The van der Waals surface area contributed by atoms with Crippen LogP contribution in [0.1, 0.15) is 22.3 Å². The van der Waals surface area contributed by atoms with Crippen LogP contribution in [-0.2, 0) is 11.2 Å². The molecule has 0 bridgehead atoms. The largest absolute Gasteiger partial charge is 0.493 e. The Kier molecular flexibility index (Phi) is 2.31. The summed E-state index contributed by atoms with van der Waals surface area (Å²) in [6.45, 7) is 0.730. The van der Waals surface area contributed by atoms with E-state index in [4.69, 9.17) is 4.74 Å². The van der Waals surface area contributed by atoms with E-state index in [1.807, 2.05) is 0 Å². The third-order valence-electron chi connectivity index (χ3n) is 2.30. The van der Waals surface area contributed by atoms with Crippen molar-refractivity contribution >= 4 is 12.1 Å². The Labute approximate surface area is 81.7 Å². The number of ether oxygens (including phenoxy) is 1. The second kappa shape index (κ2) is 3.62. The molecule has 1 aliphatic heterocycles. The summed E-state index contributed by atoms with van der Waals surface area (Å²) in [6, 6.07) is 5.12. The van der Waals surface area contributed by atoms with E-state index < -0.39 is 5.78 Å². The maximum absolute atomic E-state index is 11.1. The van der Waals surface area contributed by atoms with E-state index in [-0.39, 0.29) is 0 Å². The summed E-state index contributed by atoms with van der Waals surface area (Å²) in [6.07, 6.45) is 2.21. The van der Waals surface area contributed by atoms with Gasteiger partial charge >= 0.3 is 0 Å². The van der Waals surface area contributed by atoms with Crippen molar-refractivity contribution in [3.05, 3.63) is 29.3 Å². The summed E-state index contributed by atoms with van der Waals surface area (Å²) in [5.74, 6) is 0.358. The molecule has 0 aliphatic carbocycles. The standard InChI is InChI=1S/C11H10O3/c12-7-10(13)8-3-4-11-9(6-8)2-1-5-14-11/h3-4,6-7H,1-2,5H2. The minimum atomic E-state index is -0.474. The van der Waals surface area contributed by atoms with Gasteiger partial charge in [0, 0.05) is 5.56 Å². The molecule has 1 aromatic rings. The molecule has 0 aromatic heterocycles. The Morgan fingerprint density at radius 3 is 3.07 bits per heavy atom. The van der Waals surface area contributed by atoms with E-state index in [2.05, 4.69) is 0 Å². The predicted octanol–water partition coefficient (Wildman–Crippen LogP) is 1.39. The summed E-state index contributed by atoms with van der Waals surface area (Å²) < 4.78 is 5.39. The summed E-state index contributed by atoms with van der Waals surface area (Å²) in [7, 11) is 0. The van der Waals surface area contributed by atoms with Crippen molar-refractivity contribution in [2.24, 2.45) is 0 Å². The topological polar surface area (TPSA) is 43.4 Å². The van der Waals surface area contributed by atoms with Crippen LogP contribution in [-0.4, -0.2) is 18.7 Å². The molecule has 1 aliphatic rings. The van der Waals surface area contributed by atoms with Gasteiger partial charge in [0.1, 0.15) is 5.75 Å². The number of hydrogen-bond donors (Lipinski definition) is 0. The van der Waals surface area contributed by atoms with Crippen molar-refractivity contribution < 1.29 is 14.3 Å². The average Bonchev–Trinajstić information content (AvgIpc) is 2.27. The Morgan fingerprint density at radius 2 is 2.29 bits per heavy atom. The van der Waals surface area contributed by atoms with E-state index >= 15 is 0 Å². The molecular formula is C11H10O3.